The van der Waals surface area contributed by atoms with Gasteiger partial charge in [0, 0.05) is 0 Å². The van der Waals surface area contributed by atoms with Gasteiger partial charge in [-0.25, -0.2) is 4.18 Å². The monoisotopic (exact) mass is 308 g/mol. The lowest BCUT2D eigenvalue weighted by Crippen LogP contribution is -2.04. The summed E-state index contributed by atoms with van der Waals surface area (Å²) in [5, 5.41) is 0. The van der Waals surface area contributed by atoms with E-state index in [1.807, 2.05) is 0 Å². The van der Waals surface area contributed by atoms with Gasteiger partial charge in [-0.2, -0.15) is 8.42 Å². The van der Waals surface area contributed by atoms with Crippen LogP contribution in [0.3, 0.4) is 0 Å². The van der Waals surface area contributed by atoms with Crippen LogP contribution in [0.5, 0.6) is 0 Å². The summed E-state index contributed by atoms with van der Waals surface area (Å²) in [5.41, 5.74) is 0. The fourth-order valence-corrected chi connectivity index (χ4v) is 2.53. The van der Waals surface area contributed by atoms with Crippen LogP contribution in [0.2, 0.25) is 0 Å². The van der Waals surface area contributed by atoms with Gasteiger partial charge in [0.15, 0.2) is 0 Å². The Labute approximate surface area is 125 Å². The van der Waals surface area contributed by atoms with Crippen molar-refractivity contribution in [3.05, 3.63) is 0 Å². The molecule has 0 aliphatic carbocycles. The predicted octanol–water partition coefficient (Wildman–Crippen LogP) is 4.75. The molecule has 5 heteroatoms. The minimum atomic E-state index is -4.24. The normalized spacial score (nSPS) is 13.6. The summed E-state index contributed by atoms with van der Waals surface area (Å²) in [5.74, 6) is 0.875. The number of rotatable bonds is 14. The zero-order valence-electron chi connectivity index (χ0n) is 13.1. The molecule has 0 bridgehead atoms. The van der Waals surface area contributed by atoms with E-state index in [2.05, 4.69) is 18.0 Å². The Bertz CT molecular complexity index is 301. The van der Waals surface area contributed by atoms with E-state index in [4.69, 9.17) is 4.55 Å². The highest BCUT2D eigenvalue weighted by Crippen LogP contribution is 2.15. The Kier molecular flexibility index (Phi) is 12.5. The van der Waals surface area contributed by atoms with E-state index < -0.39 is 10.4 Å². The first-order chi connectivity index (χ1) is 9.45. The molecule has 0 rings (SSSR count). The molecule has 0 fully saturated rings. The van der Waals surface area contributed by atoms with Crippen LogP contribution in [0.25, 0.3) is 0 Å². The molecule has 0 aromatic rings. The molecule has 1 atom stereocenters. The van der Waals surface area contributed by atoms with E-state index in [0.717, 1.165) is 18.8 Å². The molecule has 0 aliphatic rings. The molecule has 0 amide bonds. The predicted molar refractivity (Wildman–Crippen MR) is 83.1 cm³/mol. The first-order valence-electron chi connectivity index (χ1n) is 8.07. The Balaban J connectivity index is 3.10. The minimum absolute atomic E-state index is 0.0917. The second-order valence-corrected chi connectivity index (χ2v) is 6.82. The van der Waals surface area contributed by atoms with E-state index in [0.29, 0.717) is 6.42 Å². The summed E-state index contributed by atoms with van der Waals surface area (Å²) < 4.78 is 33.2. The van der Waals surface area contributed by atoms with Crippen LogP contribution in [0.1, 0.15) is 84.5 Å². The summed E-state index contributed by atoms with van der Waals surface area (Å²) >= 11 is 0. The Morgan fingerprint density at radius 2 is 1.35 bits per heavy atom. The van der Waals surface area contributed by atoms with Gasteiger partial charge in [-0.1, -0.05) is 78.1 Å². The molecule has 0 radical (unpaired) electrons. The zero-order chi connectivity index (χ0) is 15.3. The summed E-state index contributed by atoms with van der Waals surface area (Å²) in [6, 6.07) is 0. The maximum absolute atomic E-state index is 10.3. The van der Waals surface area contributed by atoms with Crippen molar-refractivity contribution in [3.8, 4) is 0 Å². The molecule has 0 spiro atoms. The molecule has 0 saturated carbocycles. The Morgan fingerprint density at radius 1 is 0.900 bits per heavy atom. The highest BCUT2D eigenvalue weighted by Gasteiger charge is 2.02. The minimum Gasteiger partial charge on any atom is -0.264 e. The molecule has 4 nitrogen and oxygen atoms in total. The second-order valence-electron chi connectivity index (χ2n) is 5.73. The highest BCUT2D eigenvalue weighted by atomic mass is 32.3. The average molecular weight is 308 g/mol. The van der Waals surface area contributed by atoms with Crippen LogP contribution in [-0.4, -0.2) is 19.6 Å². The summed E-state index contributed by atoms with van der Waals surface area (Å²) in [4.78, 5) is 0. The molecule has 0 heterocycles. The fraction of sp³-hybridized carbons (Fsp3) is 1.00. The van der Waals surface area contributed by atoms with Crippen LogP contribution < -0.4 is 0 Å². The van der Waals surface area contributed by atoms with Crippen molar-refractivity contribution in [1.82, 2.24) is 0 Å². The third kappa shape index (κ3) is 15.9. The SMILES string of the molecule is CCC(C)CCCCCCCCCCCOS(=O)(=O)O. The van der Waals surface area contributed by atoms with Crippen molar-refractivity contribution in [2.45, 2.75) is 84.5 Å². The van der Waals surface area contributed by atoms with Gasteiger partial charge in [0.05, 0.1) is 6.61 Å². The van der Waals surface area contributed by atoms with E-state index in [9.17, 15) is 8.42 Å². The van der Waals surface area contributed by atoms with Gasteiger partial charge in [0.2, 0.25) is 0 Å². The first-order valence-corrected chi connectivity index (χ1v) is 9.44. The van der Waals surface area contributed by atoms with Crippen molar-refractivity contribution in [3.63, 3.8) is 0 Å². The van der Waals surface area contributed by atoms with Crippen molar-refractivity contribution >= 4 is 10.4 Å². The second kappa shape index (κ2) is 12.6. The number of hydrogen-bond donors (Lipinski definition) is 1. The molecule has 1 N–H and O–H groups in total. The smallest absolute Gasteiger partial charge is 0.264 e. The van der Waals surface area contributed by atoms with Gasteiger partial charge in [-0.15, -0.1) is 0 Å². The van der Waals surface area contributed by atoms with Crippen molar-refractivity contribution in [2.24, 2.45) is 5.92 Å². The van der Waals surface area contributed by atoms with Crippen LogP contribution >= 0.6 is 0 Å². The van der Waals surface area contributed by atoms with Crippen molar-refractivity contribution in [1.29, 1.82) is 0 Å². The highest BCUT2D eigenvalue weighted by molar-refractivity contribution is 7.80. The first kappa shape index (κ1) is 19.9. The largest absolute Gasteiger partial charge is 0.397 e. The molecule has 0 saturated heterocycles. The molecular weight excluding hydrogens is 276 g/mol. The van der Waals surface area contributed by atoms with E-state index in [-0.39, 0.29) is 6.61 Å². The van der Waals surface area contributed by atoms with Crippen LogP contribution in [0.4, 0.5) is 0 Å². The van der Waals surface area contributed by atoms with Gasteiger partial charge in [0.25, 0.3) is 0 Å². The van der Waals surface area contributed by atoms with E-state index in [1.54, 1.807) is 0 Å². The van der Waals surface area contributed by atoms with Crippen molar-refractivity contribution in [2.75, 3.05) is 6.61 Å². The van der Waals surface area contributed by atoms with E-state index >= 15 is 0 Å². The average Bonchev–Trinajstić information content (AvgIpc) is 2.38. The fourth-order valence-electron chi connectivity index (χ4n) is 2.20. The third-order valence-corrected chi connectivity index (χ3v) is 4.23. The van der Waals surface area contributed by atoms with Gasteiger partial charge < -0.3 is 0 Å². The Hall–Kier alpha value is -0.130. The maximum Gasteiger partial charge on any atom is 0.397 e. The van der Waals surface area contributed by atoms with Crippen LogP contribution in [-0.2, 0) is 14.6 Å². The number of unbranched alkanes of at least 4 members (excludes halogenated alkanes) is 8. The lowest BCUT2D eigenvalue weighted by molar-refractivity contribution is 0.261. The third-order valence-electron chi connectivity index (χ3n) is 3.77. The van der Waals surface area contributed by atoms with Gasteiger partial charge >= 0.3 is 10.4 Å². The lowest BCUT2D eigenvalue weighted by atomic mass is 9.99. The summed E-state index contributed by atoms with van der Waals surface area (Å²) in [7, 11) is -4.24. The Morgan fingerprint density at radius 3 is 1.80 bits per heavy atom. The molecule has 1 unspecified atom stereocenters. The molecule has 20 heavy (non-hydrogen) atoms. The maximum atomic E-state index is 10.3. The van der Waals surface area contributed by atoms with Gasteiger partial charge in [-0.3, -0.25) is 4.55 Å². The number of hydrogen-bond acceptors (Lipinski definition) is 3. The zero-order valence-corrected chi connectivity index (χ0v) is 14.0. The van der Waals surface area contributed by atoms with Crippen molar-refractivity contribution < 1.29 is 17.2 Å². The summed E-state index contributed by atoms with van der Waals surface area (Å²) in [6.45, 7) is 4.67. The summed E-state index contributed by atoms with van der Waals surface area (Å²) in [6.07, 6.45) is 13.3. The van der Waals surface area contributed by atoms with Crippen LogP contribution in [0, 0.1) is 5.92 Å². The van der Waals surface area contributed by atoms with Gasteiger partial charge in [-0.05, 0) is 12.3 Å². The molecule has 0 aromatic carbocycles. The van der Waals surface area contributed by atoms with Crippen LogP contribution in [0.15, 0.2) is 0 Å². The quantitative estimate of drug-likeness (QED) is 0.371. The molecular formula is C15H32O4S. The molecule has 122 valence electrons. The molecule has 0 aromatic heterocycles. The lowest BCUT2D eigenvalue weighted by Gasteiger charge is -2.07. The van der Waals surface area contributed by atoms with Gasteiger partial charge in [0.1, 0.15) is 0 Å². The topological polar surface area (TPSA) is 63.6 Å². The molecule has 0 aliphatic heterocycles. The standard InChI is InChI=1S/C15H32O4S/c1-3-15(2)13-11-9-7-5-4-6-8-10-12-14-19-20(16,17)18/h15H,3-14H2,1-2H3,(H,16,17,18). The van der Waals surface area contributed by atoms with E-state index in [1.165, 1.54) is 51.4 Å².